The predicted molar refractivity (Wildman–Crippen MR) is 104 cm³/mol. The fourth-order valence-electron chi connectivity index (χ4n) is 2.46. The van der Waals surface area contributed by atoms with Crippen LogP contribution >= 0.6 is 0 Å². The Labute approximate surface area is 155 Å². The second kappa shape index (κ2) is 8.52. The molecule has 0 saturated heterocycles. The van der Waals surface area contributed by atoms with E-state index in [1.165, 1.54) is 5.56 Å². The number of ether oxygens (including phenoxy) is 2. The fourth-order valence-corrected chi connectivity index (χ4v) is 2.46. The number of carbonyl (C=O) groups excluding carboxylic acids is 1. The van der Waals surface area contributed by atoms with Crippen LogP contribution in [-0.2, 0) is 16.6 Å². The minimum atomic E-state index is -0.195. The number of carbonyl (C=O) groups is 1. The third kappa shape index (κ3) is 5.34. The Morgan fingerprint density at radius 3 is 2.27 bits per heavy atom. The van der Waals surface area contributed by atoms with Gasteiger partial charge in [-0.3, -0.25) is 4.79 Å². The molecule has 0 heterocycles. The van der Waals surface area contributed by atoms with Gasteiger partial charge in [0.05, 0.1) is 26.9 Å². The van der Waals surface area contributed by atoms with Crippen LogP contribution in [0, 0.1) is 0 Å². The maximum Gasteiger partial charge on any atom is 0.244 e. The highest BCUT2D eigenvalue weighted by atomic mass is 16.5. The third-order valence-corrected chi connectivity index (χ3v) is 3.99. The minimum absolute atomic E-state index is 0.114. The monoisotopic (exact) mass is 354 g/mol. The molecule has 1 amide bonds. The van der Waals surface area contributed by atoms with E-state index in [0.717, 1.165) is 11.1 Å². The first-order valence-electron chi connectivity index (χ1n) is 8.47. The van der Waals surface area contributed by atoms with E-state index < -0.39 is 0 Å². The van der Waals surface area contributed by atoms with Crippen LogP contribution in [-0.4, -0.2) is 26.3 Å². The van der Waals surface area contributed by atoms with Crippen molar-refractivity contribution in [2.45, 2.75) is 32.6 Å². The summed E-state index contributed by atoms with van der Waals surface area (Å²) in [4.78, 5) is 12.0. The van der Waals surface area contributed by atoms with Crippen LogP contribution in [0.1, 0.15) is 37.5 Å². The van der Waals surface area contributed by atoms with Gasteiger partial charge >= 0.3 is 0 Å². The van der Waals surface area contributed by atoms with E-state index in [-0.39, 0.29) is 17.7 Å². The Morgan fingerprint density at radius 2 is 1.69 bits per heavy atom. The molecule has 26 heavy (non-hydrogen) atoms. The zero-order valence-corrected chi connectivity index (χ0v) is 16.0. The van der Waals surface area contributed by atoms with Crippen molar-refractivity contribution in [3.05, 3.63) is 59.2 Å². The highest BCUT2D eigenvalue weighted by Gasteiger charge is 2.12. The molecule has 2 rings (SSSR count). The molecular weight excluding hydrogens is 328 g/mol. The quantitative estimate of drug-likeness (QED) is 0.636. The van der Waals surface area contributed by atoms with Gasteiger partial charge in [0.2, 0.25) is 5.91 Å². The molecule has 0 aliphatic heterocycles. The maximum absolute atomic E-state index is 12.0. The Balaban J connectivity index is 1.93. The third-order valence-electron chi connectivity index (χ3n) is 3.99. The first-order chi connectivity index (χ1) is 12.3. The molecular formula is C21H26N2O3. The van der Waals surface area contributed by atoms with Crippen molar-refractivity contribution in [2.24, 2.45) is 5.10 Å². The minimum Gasteiger partial charge on any atom is -0.493 e. The van der Waals surface area contributed by atoms with Crippen LogP contribution in [0.4, 0.5) is 0 Å². The summed E-state index contributed by atoms with van der Waals surface area (Å²) in [5, 5.41) is 4.03. The number of rotatable bonds is 6. The van der Waals surface area contributed by atoms with Gasteiger partial charge in [0.15, 0.2) is 11.5 Å². The lowest BCUT2D eigenvalue weighted by Crippen LogP contribution is -2.19. The fraction of sp³-hybridized carbons (Fsp3) is 0.333. The van der Waals surface area contributed by atoms with E-state index in [1.54, 1.807) is 32.6 Å². The summed E-state index contributed by atoms with van der Waals surface area (Å²) in [6.45, 7) is 6.51. The molecule has 5 heteroatoms. The summed E-state index contributed by atoms with van der Waals surface area (Å²) in [6, 6.07) is 13.5. The molecule has 0 radical (unpaired) electrons. The number of hydrazone groups is 1. The van der Waals surface area contributed by atoms with E-state index in [2.05, 4.69) is 43.4 Å². The average Bonchev–Trinajstić information content (AvgIpc) is 2.61. The number of nitrogens with zero attached hydrogens (tertiary/aromatic N) is 1. The molecule has 0 bridgehead atoms. The first-order valence-corrected chi connectivity index (χ1v) is 8.47. The van der Waals surface area contributed by atoms with Gasteiger partial charge in [0.1, 0.15) is 0 Å². The zero-order valence-electron chi connectivity index (χ0n) is 16.0. The summed E-state index contributed by atoms with van der Waals surface area (Å²) < 4.78 is 10.4. The summed E-state index contributed by atoms with van der Waals surface area (Å²) in [5.74, 6) is 1.04. The molecule has 0 saturated carbocycles. The predicted octanol–water partition coefficient (Wildman–Crippen LogP) is 3.69. The Kier molecular flexibility index (Phi) is 6.39. The van der Waals surface area contributed by atoms with Crippen molar-refractivity contribution in [1.29, 1.82) is 0 Å². The van der Waals surface area contributed by atoms with E-state index in [4.69, 9.17) is 9.47 Å². The molecule has 0 aromatic heterocycles. The lowest BCUT2D eigenvalue weighted by molar-refractivity contribution is -0.120. The molecule has 2 aromatic carbocycles. The van der Waals surface area contributed by atoms with Gasteiger partial charge in [-0.2, -0.15) is 5.10 Å². The molecule has 0 aliphatic rings. The van der Waals surface area contributed by atoms with Crippen molar-refractivity contribution in [3.8, 4) is 11.5 Å². The maximum atomic E-state index is 12.0. The number of nitrogens with one attached hydrogen (secondary N) is 1. The van der Waals surface area contributed by atoms with Crippen molar-refractivity contribution in [3.63, 3.8) is 0 Å². The molecule has 0 aliphatic carbocycles. The first kappa shape index (κ1) is 19.5. The van der Waals surface area contributed by atoms with Crippen molar-refractivity contribution in [2.75, 3.05) is 14.2 Å². The van der Waals surface area contributed by atoms with Gasteiger partial charge in [-0.25, -0.2) is 5.43 Å². The van der Waals surface area contributed by atoms with Gasteiger partial charge < -0.3 is 9.47 Å². The van der Waals surface area contributed by atoms with Crippen LogP contribution < -0.4 is 14.9 Å². The standard InChI is InChI=1S/C21H26N2O3/c1-21(2,3)17-9-6-15(7-10-17)14-22-23-20(24)13-16-8-11-18(25-4)19(12-16)26-5/h6-12,14H,13H2,1-5H3,(H,23,24)/b22-14+. The lowest BCUT2D eigenvalue weighted by atomic mass is 9.87. The van der Waals surface area contributed by atoms with Crippen molar-refractivity contribution >= 4 is 12.1 Å². The van der Waals surface area contributed by atoms with Gasteiger partial charge in [0, 0.05) is 0 Å². The number of hydrogen-bond acceptors (Lipinski definition) is 4. The summed E-state index contributed by atoms with van der Waals surface area (Å²) in [6.07, 6.45) is 1.85. The largest absolute Gasteiger partial charge is 0.493 e. The van der Waals surface area contributed by atoms with Crippen molar-refractivity contribution in [1.82, 2.24) is 5.43 Å². The summed E-state index contributed by atoms with van der Waals surface area (Å²) >= 11 is 0. The van der Waals surface area contributed by atoms with Crippen LogP contribution in [0.25, 0.3) is 0 Å². The van der Waals surface area contributed by atoms with E-state index in [9.17, 15) is 4.79 Å². The van der Waals surface area contributed by atoms with E-state index >= 15 is 0 Å². The Hall–Kier alpha value is -2.82. The SMILES string of the molecule is COc1ccc(CC(=O)N/N=C/c2ccc(C(C)(C)C)cc2)cc1OC. The Bertz CT molecular complexity index is 775. The molecule has 1 N–H and O–H groups in total. The number of methoxy groups -OCH3 is 2. The second-order valence-corrected chi connectivity index (χ2v) is 7.03. The van der Waals surface area contributed by atoms with Gasteiger partial charge in [0.25, 0.3) is 0 Å². The molecule has 0 fully saturated rings. The normalized spacial score (nSPS) is 11.4. The lowest BCUT2D eigenvalue weighted by Gasteiger charge is -2.18. The van der Waals surface area contributed by atoms with E-state index in [0.29, 0.717) is 11.5 Å². The molecule has 0 atom stereocenters. The highest BCUT2D eigenvalue weighted by molar-refractivity contribution is 5.83. The Morgan fingerprint density at radius 1 is 1.04 bits per heavy atom. The van der Waals surface area contributed by atoms with Gasteiger partial charge in [-0.1, -0.05) is 51.1 Å². The molecule has 0 unspecified atom stereocenters. The molecule has 2 aromatic rings. The van der Waals surface area contributed by atoms with Crippen LogP contribution in [0.3, 0.4) is 0 Å². The summed E-state index contributed by atoms with van der Waals surface area (Å²) in [7, 11) is 3.14. The number of hydrogen-bond donors (Lipinski definition) is 1. The van der Waals surface area contributed by atoms with E-state index in [1.807, 2.05) is 18.2 Å². The average molecular weight is 354 g/mol. The summed E-state index contributed by atoms with van der Waals surface area (Å²) in [5.41, 5.74) is 5.68. The van der Waals surface area contributed by atoms with Crippen LogP contribution in [0.2, 0.25) is 0 Å². The highest BCUT2D eigenvalue weighted by Crippen LogP contribution is 2.27. The molecule has 0 spiro atoms. The zero-order chi connectivity index (χ0) is 19.2. The van der Waals surface area contributed by atoms with Crippen molar-refractivity contribution < 1.29 is 14.3 Å². The van der Waals surface area contributed by atoms with Crippen LogP contribution in [0.5, 0.6) is 11.5 Å². The topological polar surface area (TPSA) is 59.9 Å². The van der Waals surface area contributed by atoms with Gasteiger partial charge in [-0.15, -0.1) is 0 Å². The van der Waals surface area contributed by atoms with Crippen LogP contribution in [0.15, 0.2) is 47.6 Å². The molecule has 5 nitrogen and oxygen atoms in total. The molecule has 138 valence electrons. The second-order valence-electron chi connectivity index (χ2n) is 7.03. The smallest absolute Gasteiger partial charge is 0.244 e. The number of benzene rings is 2. The van der Waals surface area contributed by atoms with Gasteiger partial charge in [-0.05, 0) is 34.2 Å². The number of amides is 1.